The van der Waals surface area contributed by atoms with Crippen LogP contribution in [0.1, 0.15) is 28.4 Å². The fourth-order valence-corrected chi connectivity index (χ4v) is 3.25. The Kier molecular flexibility index (Phi) is 4.54. The lowest BCUT2D eigenvalue weighted by molar-refractivity contribution is -0.136. The maximum atomic E-state index is 12.4. The molecule has 2 heterocycles. The number of aromatic nitrogens is 1. The fourth-order valence-electron chi connectivity index (χ4n) is 2.37. The lowest BCUT2D eigenvalue weighted by Crippen LogP contribution is -2.48. The molecule has 0 aromatic carbocycles. The quantitative estimate of drug-likeness (QED) is 0.868. The fraction of sp³-hybridized carbons (Fsp3) is 0.692. The molecule has 0 spiro atoms. The van der Waals surface area contributed by atoms with Crippen molar-refractivity contribution in [3.8, 4) is 0 Å². The molecule has 1 aromatic rings. The molecule has 1 aliphatic heterocycles. The Morgan fingerprint density at radius 3 is 2.68 bits per heavy atom. The van der Waals surface area contributed by atoms with Gasteiger partial charge >= 0.3 is 0 Å². The number of carbonyl (C=O) groups excluding carboxylic acids is 1. The van der Waals surface area contributed by atoms with Crippen LogP contribution in [0.3, 0.4) is 0 Å². The van der Waals surface area contributed by atoms with Gasteiger partial charge in [-0.2, -0.15) is 0 Å². The molecule has 3 N–H and O–H groups in total. The van der Waals surface area contributed by atoms with Gasteiger partial charge < -0.3 is 15.8 Å². The van der Waals surface area contributed by atoms with Gasteiger partial charge in [0.25, 0.3) is 0 Å². The molecule has 1 aliphatic rings. The predicted molar refractivity (Wildman–Crippen MR) is 75.0 cm³/mol. The number of hydrogen-bond donors (Lipinski definition) is 2. The number of ether oxygens (including phenoxy) is 1. The van der Waals surface area contributed by atoms with Gasteiger partial charge in [0.05, 0.1) is 22.7 Å². The highest BCUT2D eigenvalue weighted by molar-refractivity contribution is 7.11. The number of nitrogens with one attached hydrogen (secondary N) is 1. The molecule has 1 amide bonds. The minimum atomic E-state index is -0.452. The molecule has 0 radical (unpaired) electrons. The van der Waals surface area contributed by atoms with Gasteiger partial charge in [-0.25, -0.2) is 4.98 Å². The van der Waals surface area contributed by atoms with Gasteiger partial charge in [-0.15, -0.1) is 11.3 Å². The SMILES string of the molecule is Cc1nc(C)c(CNC(=O)C2(CN)CCOCC2)s1. The third-order valence-electron chi connectivity index (χ3n) is 3.73. The van der Waals surface area contributed by atoms with Crippen LogP contribution >= 0.6 is 11.3 Å². The monoisotopic (exact) mass is 283 g/mol. The van der Waals surface area contributed by atoms with E-state index in [1.165, 1.54) is 0 Å². The minimum Gasteiger partial charge on any atom is -0.381 e. The Balaban J connectivity index is 1.98. The van der Waals surface area contributed by atoms with E-state index in [9.17, 15) is 4.79 Å². The highest BCUT2D eigenvalue weighted by atomic mass is 32.1. The molecule has 0 unspecified atom stereocenters. The van der Waals surface area contributed by atoms with Crippen molar-refractivity contribution >= 4 is 17.2 Å². The zero-order valence-corrected chi connectivity index (χ0v) is 12.3. The van der Waals surface area contributed by atoms with Crippen molar-refractivity contribution in [2.75, 3.05) is 19.8 Å². The number of thiazole rings is 1. The summed E-state index contributed by atoms with van der Waals surface area (Å²) in [6, 6.07) is 0. The first-order valence-corrected chi connectivity index (χ1v) is 7.38. The molecule has 6 heteroatoms. The zero-order chi connectivity index (χ0) is 13.9. The zero-order valence-electron chi connectivity index (χ0n) is 11.5. The van der Waals surface area contributed by atoms with Gasteiger partial charge in [-0.1, -0.05) is 0 Å². The van der Waals surface area contributed by atoms with Crippen molar-refractivity contribution in [3.05, 3.63) is 15.6 Å². The number of rotatable bonds is 4. The van der Waals surface area contributed by atoms with Crippen LogP contribution in [-0.4, -0.2) is 30.6 Å². The Hall–Kier alpha value is -0.980. The van der Waals surface area contributed by atoms with E-state index in [-0.39, 0.29) is 5.91 Å². The van der Waals surface area contributed by atoms with E-state index in [1.54, 1.807) is 11.3 Å². The number of carbonyl (C=O) groups is 1. The lowest BCUT2D eigenvalue weighted by Gasteiger charge is -2.34. The molecule has 0 atom stereocenters. The second kappa shape index (κ2) is 5.98. The van der Waals surface area contributed by atoms with Gasteiger partial charge in [0.15, 0.2) is 0 Å². The first-order valence-electron chi connectivity index (χ1n) is 6.56. The van der Waals surface area contributed by atoms with Crippen molar-refractivity contribution in [3.63, 3.8) is 0 Å². The predicted octanol–water partition coefficient (Wildman–Crippen LogP) is 1.13. The average molecular weight is 283 g/mol. The van der Waals surface area contributed by atoms with Gasteiger partial charge in [0.1, 0.15) is 0 Å². The van der Waals surface area contributed by atoms with Crippen LogP contribution in [-0.2, 0) is 16.1 Å². The first kappa shape index (κ1) is 14.4. The van der Waals surface area contributed by atoms with Crippen LogP contribution in [0.2, 0.25) is 0 Å². The summed E-state index contributed by atoms with van der Waals surface area (Å²) >= 11 is 1.63. The molecule has 0 aliphatic carbocycles. The Labute approximate surface area is 117 Å². The maximum absolute atomic E-state index is 12.4. The number of nitrogens with two attached hydrogens (primary N) is 1. The van der Waals surface area contributed by atoms with Crippen LogP contribution in [0, 0.1) is 19.3 Å². The van der Waals surface area contributed by atoms with Gasteiger partial charge in [0, 0.05) is 24.6 Å². The number of hydrogen-bond acceptors (Lipinski definition) is 5. The Morgan fingerprint density at radius 2 is 2.16 bits per heavy atom. The lowest BCUT2D eigenvalue weighted by atomic mass is 9.79. The minimum absolute atomic E-state index is 0.0451. The van der Waals surface area contributed by atoms with E-state index < -0.39 is 5.41 Å². The number of amides is 1. The molecule has 5 nitrogen and oxygen atoms in total. The topological polar surface area (TPSA) is 77.2 Å². The summed E-state index contributed by atoms with van der Waals surface area (Å²) in [6.07, 6.45) is 1.41. The van der Waals surface area contributed by atoms with E-state index in [0.717, 1.165) is 15.6 Å². The molecule has 0 bridgehead atoms. The van der Waals surface area contributed by atoms with Gasteiger partial charge in [-0.3, -0.25) is 4.79 Å². The van der Waals surface area contributed by atoms with E-state index in [0.29, 0.717) is 39.1 Å². The van der Waals surface area contributed by atoms with E-state index in [1.807, 2.05) is 13.8 Å². The van der Waals surface area contributed by atoms with Crippen LogP contribution in [0.5, 0.6) is 0 Å². The number of nitrogens with zero attached hydrogens (tertiary/aromatic N) is 1. The summed E-state index contributed by atoms with van der Waals surface area (Å²) in [5.41, 5.74) is 6.36. The van der Waals surface area contributed by atoms with Crippen molar-refractivity contribution in [2.24, 2.45) is 11.1 Å². The number of aryl methyl sites for hydroxylation is 2. The maximum Gasteiger partial charge on any atom is 0.227 e. The largest absolute Gasteiger partial charge is 0.381 e. The van der Waals surface area contributed by atoms with Crippen LogP contribution in [0.25, 0.3) is 0 Å². The highest BCUT2D eigenvalue weighted by Gasteiger charge is 2.38. The van der Waals surface area contributed by atoms with Gasteiger partial charge in [0.2, 0.25) is 5.91 Å². The average Bonchev–Trinajstić information content (AvgIpc) is 2.75. The van der Waals surface area contributed by atoms with E-state index in [4.69, 9.17) is 10.5 Å². The molecular formula is C13H21N3O2S. The van der Waals surface area contributed by atoms with Crippen molar-refractivity contribution < 1.29 is 9.53 Å². The molecule has 1 aromatic heterocycles. The second-order valence-corrected chi connectivity index (χ2v) is 6.31. The summed E-state index contributed by atoms with van der Waals surface area (Å²) in [4.78, 5) is 17.9. The summed E-state index contributed by atoms with van der Waals surface area (Å²) in [5.74, 6) is 0.0451. The summed E-state index contributed by atoms with van der Waals surface area (Å²) in [7, 11) is 0. The molecular weight excluding hydrogens is 262 g/mol. The molecule has 1 saturated heterocycles. The molecule has 2 rings (SSSR count). The first-order chi connectivity index (χ1) is 9.07. The summed E-state index contributed by atoms with van der Waals surface area (Å²) in [6.45, 7) is 6.09. The Bertz CT molecular complexity index is 453. The van der Waals surface area contributed by atoms with Crippen LogP contribution in [0.15, 0.2) is 0 Å². The summed E-state index contributed by atoms with van der Waals surface area (Å²) < 4.78 is 5.32. The standard InChI is InChI=1S/C13H21N3O2S/c1-9-11(19-10(2)16-9)7-15-12(17)13(8-14)3-5-18-6-4-13/h3-8,14H2,1-2H3,(H,15,17). The second-order valence-electron chi connectivity index (χ2n) is 5.02. The van der Waals surface area contributed by atoms with Crippen molar-refractivity contribution in [2.45, 2.75) is 33.2 Å². The highest BCUT2D eigenvalue weighted by Crippen LogP contribution is 2.29. The molecule has 0 saturated carbocycles. The Morgan fingerprint density at radius 1 is 1.47 bits per heavy atom. The van der Waals surface area contributed by atoms with Crippen LogP contribution in [0.4, 0.5) is 0 Å². The third kappa shape index (κ3) is 3.13. The van der Waals surface area contributed by atoms with Gasteiger partial charge in [-0.05, 0) is 26.7 Å². The summed E-state index contributed by atoms with van der Waals surface area (Å²) in [5, 5.41) is 4.04. The van der Waals surface area contributed by atoms with Crippen molar-refractivity contribution in [1.29, 1.82) is 0 Å². The molecule has 19 heavy (non-hydrogen) atoms. The normalized spacial score (nSPS) is 18.3. The molecule has 1 fully saturated rings. The van der Waals surface area contributed by atoms with Crippen LogP contribution < -0.4 is 11.1 Å². The molecule has 106 valence electrons. The third-order valence-corrected chi connectivity index (χ3v) is 4.80. The smallest absolute Gasteiger partial charge is 0.227 e. The van der Waals surface area contributed by atoms with E-state index in [2.05, 4.69) is 10.3 Å². The van der Waals surface area contributed by atoms with Crippen molar-refractivity contribution in [1.82, 2.24) is 10.3 Å². The van der Waals surface area contributed by atoms with E-state index >= 15 is 0 Å².